The standard InChI is InChI=1S/C10H15ClN2.ClH/c1-2-3-4-10(12)8-5-6-13-7-9(8)11;/h5-7,10H,2-4,12H2,1H3;1H/t10-;/m0./s1. The van der Waals surface area contributed by atoms with E-state index in [1.54, 1.807) is 12.4 Å². The monoisotopic (exact) mass is 234 g/mol. The maximum atomic E-state index is 5.97. The number of pyridine rings is 1. The van der Waals surface area contributed by atoms with Crippen LogP contribution in [0.15, 0.2) is 18.5 Å². The van der Waals surface area contributed by atoms with Crippen molar-refractivity contribution in [1.29, 1.82) is 0 Å². The predicted molar refractivity (Wildman–Crippen MR) is 62.9 cm³/mol. The normalized spacial score (nSPS) is 11.9. The first-order valence-electron chi connectivity index (χ1n) is 4.60. The fourth-order valence-electron chi connectivity index (χ4n) is 1.27. The van der Waals surface area contributed by atoms with Crippen LogP contribution in [0.5, 0.6) is 0 Å². The number of halogens is 2. The van der Waals surface area contributed by atoms with Gasteiger partial charge in [-0.05, 0) is 18.1 Å². The van der Waals surface area contributed by atoms with Crippen molar-refractivity contribution in [2.24, 2.45) is 5.73 Å². The van der Waals surface area contributed by atoms with E-state index >= 15 is 0 Å². The maximum absolute atomic E-state index is 5.97. The molecule has 0 saturated carbocycles. The highest BCUT2D eigenvalue weighted by molar-refractivity contribution is 6.31. The van der Waals surface area contributed by atoms with E-state index in [-0.39, 0.29) is 18.4 Å². The number of hydrogen-bond acceptors (Lipinski definition) is 2. The number of aromatic nitrogens is 1. The Morgan fingerprint density at radius 2 is 2.29 bits per heavy atom. The minimum atomic E-state index is 0. The van der Waals surface area contributed by atoms with Crippen LogP contribution in [0.2, 0.25) is 5.02 Å². The molecule has 14 heavy (non-hydrogen) atoms. The minimum absolute atomic E-state index is 0. The number of nitrogens with zero attached hydrogens (tertiary/aromatic N) is 1. The van der Waals surface area contributed by atoms with Crippen molar-refractivity contribution in [2.75, 3.05) is 0 Å². The van der Waals surface area contributed by atoms with E-state index in [1.807, 2.05) is 6.07 Å². The molecule has 0 amide bonds. The number of unbranched alkanes of at least 4 members (excludes halogenated alkanes) is 1. The molecule has 80 valence electrons. The summed E-state index contributed by atoms with van der Waals surface area (Å²) < 4.78 is 0. The lowest BCUT2D eigenvalue weighted by Gasteiger charge is -2.12. The van der Waals surface area contributed by atoms with Crippen molar-refractivity contribution in [1.82, 2.24) is 4.98 Å². The van der Waals surface area contributed by atoms with Crippen LogP contribution < -0.4 is 5.73 Å². The molecule has 0 aliphatic heterocycles. The number of nitrogens with two attached hydrogens (primary N) is 1. The van der Waals surface area contributed by atoms with Crippen LogP contribution in [0.25, 0.3) is 0 Å². The van der Waals surface area contributed by atoms with Gasteiger partial charge in [0, 0.05) is 18.4 Å². The molecule has 0 bridgehead atoms. The Labute approximate surface area is 96.3 Å². The third kappa shape index (κ3) is 3.82. The second-order valence-electron chi connectivity index (χ2n) is 3.15. The zero-order chi connectivity index (χ0) is 9.68. The summed E-state index contributed by atoms with van der Waals surface area (Å²) in [5.41, 5.74) is 6.97. The number of hydrogen-bond donors (Lipinski definition) is 1. The summed E-state index contributed by atoms with van der Waals surface area (Å²) in [5, 5.41) is 0.672. The number of rotatable bonds is 4. The second-order valence-corrected chi connectivity index (χ2v) is 3.55. The van der Waals surface area contributed by atoms with Crippen molar-refractivity contribution in [3.63, 3.8) is 0 Å². The average Bonchev–Trinajstić information content (AvgIpc) is 2.15. The Morgan fingerprint density at radius 1 is 1.57 bits per heavy atom. The molecule has 2 nitrogen and oxygen atoms in total. The van der Waals surface area contributed by atoms with E-state index in [0.29, 0.717) is 5.02 Å². The molecule has 0 aliphatic carbocycles. The lowest BCUT2D eigenvalue weighted by atomic mass is 10.0. The lowest BCUT2D eigenvalue weighted by Crippen LogP contribution is -2.10. The van der Waals surface area contributed by atoms with E-state index < -0.39 is 0 Å². The van der Waals surface area contributed by atoms with Crippen LogP contribution in [0.4, 0.5) is 0 Å². The molecular weight excluding hydrogens is 219 g/mol. The van der Waals surface area contributed by atoms with Crippen molar-refractivity contribution < 1.29 is 0 Å². The van der Waals surface area contributed by atoms with Gasteiger partial charge in [-0.3, -0.25) is 4.98 Å². The van der Waals surface area contributed by atoms with E-state index in [4.69, 9.17) is 17.3 Å². The molecule has 0 fully saturated rings. The minimum Gasteiger partial charge on any atom is -0.324 e. The van der Waals surface area contributed by atoms with Gasteiger partial charge < -0.3 is 5.73 Å². The van der Waals surface area contributed by atoms with Crippen LogP contribution >= 0.6 is 24.0 Å². The van der Waals surface area contributed by atoms with Crippen molar-refractivity contribution >= 4 is 24.0 Å². The third-order valence-corrected chi connectivity index (χ3v) is 2.39. The van der Waals surface area contributed by atoms with Crippen LogP contribution in [0.1, 0.15) is 37.8 Å². The Morgan fingerprint density at radius 3 is 2.86 bits per heavy atom. The van der Waals surface area contributed by atoms with Gasteiger partial charge in [0.05, 0.1) is 5.02 Å². The highest BCUT2D eigenvalue weighted by Crippen LogP contribution is 2.23. The zero-order valence-electron chi connectivity index (χ0n) is 8.24. The molecular formula is C10H16Cl2N2. The first-order chi connectivity index (χ1) is 6.25. The molecule has 0 aliphatic rings. The molecule has 0 aromatic carbocycles. The fraction of sp³-hybridized carbons (Fsp3) is 0.500. The summed E-state index contributed by atoms with van der Waals surface area (Å²) >= 11 is 5.96. The Kier molecular flexibility index (Phi) is 6.89. The summed E-state index contributed by atoms with van der Waals surface area (Å²) in [6.07, 6.45) is 6.66. The highest BCUT2D eigenvalue weighted by Gasteiger charge is 2.08. The SMILES string of the molecule is CCCC[C@H](N)c1ccncc1Cl.Cl. The Hall–Kier alpha value is -0.310. The lowest BCUT2D eigenvalue weighted by molar-refractivity contribution is 0.603. The van der Waals surface area contributed by atoms with E-state index in [0.717, 1.165) is 24.8 Å². The van der Waals surface area contributed by atoms with Gasteiger partial charge in [0.1, 0.15) is 0 Å². The van der Waals surface area contributed by atoms with Crippen molar-refractivity contribution in [3.05, 3.63) is 29.0 Å². The summed E-state index contributed by atoms with van der Waals surface area (Å²) in [5.74, 6) is 0. The van der Waals surface area contributed by atoms with Gasteiger partial charge in [-0.1, -0.05) is 31.4 Å². The molecule has 0 unspecified atom stereocenters. The van der Waals surface area contributed by atoms with Gasteiger partial charge in [-0.15, -0.1) is 12.4 Å². The van der Waals surface area contributed by atoms with Crippen LogP contribution in [0, 0.1) is 0 Å². The molecule has 1 rings (SSSR count). The van der Waals surface area contributed by atoms with Crippen LogP contribution in [0.3, 0.4) is 0 Å². The van der Waals surface area contributed by atoms with E-state index in [1.165, 1.54) is 0 Å². The Bertz CT molecular complexity index is 266. The third-order valence-electron chi connectivity index (χ3n) is 2.07. The largest absolute Gasteiger partial charge is 0.324 e. The molecule has 1 aromatic rings. The molecule has 0 spiro atoms. The van der Waals surface area contributed by atoms with Gasteiger partial charge in [-0.25, -0.2) is 0 Å². The Balaban J connectivity index is 0.00000169. The molecule has 1 heterocycles. The van der Waals surface area contributed by atoms with Crippen LogP contribution in [-0.4, -0.2) is 4.98 Å². The zero-order valence-corrected chi connectivity index (χ0v) is 9.81. The molecule has 4 heteroatoms. The molecule has 1 atom stereocenters. The van der Waals surface area contributed by atoms with Gasteiger partial charge in [-0.2, -0.15) is 0 Å². The first kappa shape index (κ1) is 13.7. The summed E-state index contributed by atoms with van der Waals surface area (Å²) in [7, 11) is 0. The summed E-state index contributed by atoms with van der Waals surface area (Å²) in [6, 6.07) is 1.94. The predicted octanol–water partition coefficient (Wildman–Crippen LogP) is 3.35. The summed E-state index contributed by atoms with van der Waals surface area (Å²) in [6.45, 7) is 2.15. The molecule has 0 radical (unpaired) electrons. The fourth-order valence-corrected chi connectivity index (χ4v) is 1.53. The second kappa shape index (κ2) is 7.04. The average molecular weight is 235 g/mol. The van der Waals surface area contributed by atoms with E-state index in [2.05, 4.69) is 11.9 Å². The highest BCUT2D eigenvalue weighted by atomic mass is 35.5. The van der Waals surface area contributed by atoms with E-state index in [9.17, 15) is 0 Å². The van der Waals surface area contributed by atoms with Crippen molar-refractivity contribution in [2.45, 2.75) is 32.2 Å². The van der Waals surface area contributed by atoms with Gasteiger partial charge in [0.25, 0.3) is 0 Å². The van der Waals surface area contributed by atoms with Gasteiger partial charge >= 0.3 is 0 Å². The van der Waals surface area contributed by atoms with Crippen LogP contribution in [-0.2, 0) is 0 Å². The molecule has 2 N–H and O–H groups in total. The molecule has 0 saturated heterocycles. The summed E-state index contributed by atoms with van der Waals surface area (Å²) in [4.78, 5) is 3.92. The first-order valence-corrected chi connectivity index (χ1v) is 4.98. The smallest absolute Gasteiger partial charge is 0.0637 e. The topological polar surface area (TPSA) is 38.9 Å². The van der Waals surface area contributed by atoms with Gasteiger partial charge in [0.2, 0.25) is 0 Å². The quantitative estimate of drug-likeness (QED) is 0.869. The maximum Gasteiger partial charge on any atom is 0.0637 e. The van der Waals surface area contributed by atoms with Gasteiger partial charge in [0.15, 0.2) is 0 Å². The molecule has 1 aromatic heterocycles. The van der Waals surface area contributed by atoms with Crippen molar-refractivity contribution in [3.8, 4) is 0 Å².